The van der Waals surface area contributed by atoms with Crippen LogP contribution in [0.15, 0.2) is 67.0 Å². The third-order valence-electron chi connectivity index (χ3n) is 8.76. The lowest BCUT2D eigenvalue weighted by molar-refractivity contribution is -0.00765. The van der Waals surface area contributed by atoms with Gasteiger partial charge in [0.1, 0.15) is 10.8 Å². The normalized spacial score (nSPS) is 25.6. The summed E-state index contributed by atoms with van der Waals surface area (Å²) in [5, 5.41) is 12.8. The predicted molar refractivity (Wildman–Crippen MR) is 144 cm³/mol. The molecule has 0 atom stereocenters. The van der Waals surface area contributed by atoms with E-state index in [9.17, 15) is 9.18 Å². The van der Waals surface area contributed by atoms with Crippen LogP contribution in [-0.2, 0) is 12.0 Å². The number of nitrogens with zero attached hydrogens (tertiary/aromatic N) is 4. The van der Waals surface area contributed by atoms with Crippen molar-refractivity contribution in [2.45, 2.75) is 50.5 Å². The Labute approximate surface area is 225 Å². The monoisotopic (exact) mass is 529 g/mol. The average Bonchev–Trinajstić information content (AvgIpc) is 3.50. The number of anilines is 1. The Balaban J connectivity index is 1.22. The lowest BCUT2D eigenvalue weighted by Crippen LogP contribution is -2.49. The zero-order chi connectivity index (χ0) is 25.9. The maximum absolute atomic E-state index is 14.2. The summed E-state index contributed by atoms with van der Waals surface area (Å²) in [6, 6.07) is 16.5. The standard InChI is InChI=1S/C30H29ClFN5O/c31-25-18-36(16-22-6-4-5-9-26(22)32)35-28(25)33-29(38)24-17-37(23-7-2-1-3-8-23)34-27(24)30-13-19-10-20(14-30)12-21(11-19)15-30/h1-9,17-21H,10-16H2,(H,33,35,38). The summed E-state index contributed by atoms with van der Waals surface area (Å²) in [4.78, 5) is 13.8. The second-order valence-corrected chi connectivity index (χ2v) is 11.8. The molecule has 8 heteroatoms. The van der Waals surface area contributed by atoms with Crippen LogP contribution < -0.4 is 5.32 Å². The summed E-state index contributed by atoms with van der Waals surface area (Å²) in [7, 11) is 0. The molecular formula is C30H29ClFN5O. The molecule has 4 aliphatic rings. The highest BCUT2D eigenvalue weighted by Gasteiger charge is 2.54. The first-order valence-electron chi connectivity index (χ1n) is 13.4. The van der Waals surface area contributed by atoms with Crippen molar-refractivity contribution in [2.75, 3.05) is 5.32 Å². The van der Waals surface area contributed by atoms with Gasteiger partial charge in [-0.15, -0.1) is 0 Å². The van der Waals surface area contributed by atoms with E-state index in [-0.39, 0.29) is 29.5 Å². The van der Waals surface area contributed by atoms with Crippen LogP contribution in [0.5, 0.6) is 0 Å². The van der Waals surface area contributed by atoms with E-state index in [1.165, 1.54) is 25.3 Å². The van der Waals surface area contributed by atoms with Crippen molar-refractivity contribution >= 4 is 23.3 Å². The van der Waals surface area contributed by atoms with Gasteiger partial charge in [0, 0.05) is 23.4 Å². The number of aromatic nitrogens is 4. The molecule has 0 aliphatic heterocycles. The Morgan fingerprint density at radius 1 is 0.947 bits per heavy atom. The van der Waals surface area contributed by atoms with Crippen molar-refractivity contribution < 1.29 is 9.18 Å². The minimum Gasteiger partial charge on any atom is -0.304 e. The first kappa shape index (κ1) is 23.7. The van der Waals surface area contributed by atoms with Gasteiger partial charge < -0.3 is 5.32 Å². The Hall–Kier alpha value is -3.45. The van der Waals surface area contributed by atoms with Crippen LogP contribution in [0.2, 0.25) is 5.02 Å². The summed E-state index contributed by atoms with van der Waals surface area (Å²) in [6.07, 6.45) is 10.7. The molecule has 0 unspecified atom stereocenters. The first-order chi connectivity index (χ1) is 18.5. The third kappa shape index (κ3) is 4.13. The molecule has 4 bridgehead atoms. The van der Waals surface area contributed by atoms with Crippen LogP contribution in [0.1, 0.15) is 60.1 Å². The number of carbonyl (C=O) groups is 1. The predicted octanol–water partition coefficient (Wildman–Crippen LogP) is 6.63. The largest absolute Gasteiger partial charge is 0.304 e. The van der Waals surface area contributed by atoms with Crippen LogP contribution in [-0.4, -0.2) is 25.5 Å². The molecule has 0 spiro atoms. The Morgan fingerprint density at radius 2 is 1.61 bits per heavy atom. The second-order valence-electron chi connectivity index (χ2n) is 11.4. The van der Waals surface area contributed by atoms with Gasteiger partial charge in [0.25, 0.3) is 5.91 Å². The first-order valence-corrected chi connectivity index (χ1v) is 13.8. The van der Waals surface area contributed by atoms with Crippen molar-refractivity contribution in [3.05, 3.63) is 94.7 Å². The molecule has 1 N–H and O–H groups in total. The number of hydrogen-bond donors (Lipinski definition) is 1. The number of carbonyl (C=O) groups excluding carboxylic acids is 1. The van der Waals surface area contributed by atoms with Crippen LogP contribution in [0.25, 0.3) is 5.69 Å². The maximum Gasteiger partial charge on any atom is 0.260 e. The molecule has 8 rings (SSSR count). The van der Waals surface area contributed by atoms with Crippen LogP contribution in [0, 0.1) is 23.6 Å². The van der Waals surface area contributed by atoms with Gasteiger partial charge in [0.15, 0.2) is 5.82 Å². The molecule has 194 valence electrons. The Bertz CT molecular complexity index is 1470. The molecule has 0 radical (unpaired) electrons. The number of amides is 1. The summed E-state index contributed by atoms with van der Waals surface area (Å²) in [6.45, 7) is 0.215. The number of hydrogen-bond acceptors (Lipinski definition) is 3. The van der Waals surface area contributed by atoms with Gasteiger partial charge in [-0.25, -0.2) is 9.07 Å². The molecule has 6 nitrogen and oxygen atoms in total. The number of rotatable bonds is 6. The molecule has 38 heavy (non-hydrogen) atoms. The van der Waals surface area contributed by atoms with Gasteiger partial charge >= 0.3 is 0 Å². The topological polar surface area (TPSA) is 64.7 Å². The number of para-hydroxylation sites is 1. The van der Waals surface area contributed by atoms with E-state index in [2.05, 4.69) is 10.4 Å². The molecule has 4 saturated carbocycles. The zero-order valence-corrected chi connectivity index (χ0v) is 21.7. The fraction of sp³-hybridized carbons (Fsp3) is 0.367. The smallest absolute Gasteiger partial charge is 0.260 e. The Kier molecular flexibility index (Phi) is 5.65. The van der Waals surface area contributed by atoms with E-state index in [0.29, 0.717) is 16.1 Å². The van der Waals surface area contributed by atoms with Crippen molar-refractivity contribution in [3.63, 3.8) is 0 Å². The zero-order valence-electron chi connectivity index (χ0n) is 21.0. The van der Waals surface area contributed by atoms with Crippen LogP contribution >= 0.6 is 11.6 Å². The lowest BCUT2D eigenvalue weighted by atomic mass is 9.48. The van der Waals surface area contributed by atoms with E-state index in [1.54, 1.807) is 29.1 Å². The minimum absolute atomic E-state index is 0.0601. The van der Waals surface area contributed by atoms with E-state index in [1.807, 2.05) is 41.2 Å². The molecular weight excluding hydrogens is 501 g/mol. The highest BCUT2D eigenvalue weighted by molar-refractivity contribution is 6.33. The quantitative estimate of drug-likeness (QED) is 0.305. The fourth-order valence-corrected chi connectivity index (χ4v) is 7.78. The Morgan fingerprint density at radius 3 is 2.29 bits per heavy atom. The molecule has 2 heterocycles. The van der Waals surface area contributed by atoms with Crippen molar-refractivity contribution in [1.29, 1.82) is 0 Å². The highest BCUT2D eigenvalue weighted by Crippen LogP contribution is 2.61. The van der Waals surface area contributed by atoms with Gasteiger partial charge in [0.2, 0.25) is 0 Å². The average molecular weight is 530 g/mol. The molecule has 2 aromatic heterocycles. The summed E-state index contributed by atoms with van der Waals surface area (Å²) >= 11 is 6.47. The van der Waals surface area contributed by atoms with Crippen molar-refractivity contribution in [3.8, 4) is 5.69 Å². The van der Waals surface area contributed by atoms with Crippen molar-refractivity contribution in [2.24, 2.45) is 17.8 Å². The van der Waals surface area contributed by atoms with Gasteiger partial charge in [-0.05, 0) is 74.5 Å². The summed E-state index contributed by atoms with van der Waals surface area (Å²) in [5.74, 6) is 1.86. The van der Waals surface area contributed by atoms with Gasteiger partial charge in [0.05, 0.1) is 23.5 Å². The third-order valence-corrected chi connectivity index (χ3v) is 9.04. The number of halogens is 2. The lowest BCUT2D eigenvalue weighted by Gasteiger charge is -2.56. The number of nitrogens with one attached hydrogen (secondary N) is 1. The molecule has 4 fully saturated rings. The van der Waals surface area contributed by atoms with Crippen molar-refractivity contribution in [1.82, 2.24) is 19.6 Å². The van der Waals surface area contributed by atoms with E-state index >= 15 is 0 Å². The molecule has 1 amide bonds. The van der Waals surface area contributed by atoms with Gasteiger partial charge in [-0.1, -0.05) is 48.0 Å². The van der Waals surface area contributed by atoms with E-state index in [4.69, 9.17) is 16.7 Å². The summed E-state index contributed by atoms with van der Waals surface area (Å²) in [5.41, 5.74) is 2.84. The fourth-order valence-electron chi connectivity index (χ4n) is 7.58. The minimum atomic E-state index is -0.307. The maximum atomic E-state index is 14.2. The second kappa shape index (κ2) is 9.09. The highest BCUT2D eigenvalue weighted by atomic mass is 35.5. The van der Waals surface area contributed by atoms with Crippen LogP contribution in [0.4, 0.5) is 10.2 Å². The van der Waals surface area contributed by atoms with Gasteiger partial charge in [-0.2, -0.15) is 10.2 Å². The SMILES string of the molecule is O=C(Nc1nn(Cc2ccccc2F)cc1Cl)c1cn(-c2ccccc2)nc1C12CC3CC(CC(C3)C1)C2. The number of benzene rings is 2. The molecule has 4 aromatic rings. The van der Waals surface area contributed by atoms with Crippen LogP contribution in [0.3, 0.4) is 0 Å². The van der Waals surface area contributed by atoms with E-state index < -0.39 is 0 Å². The molecule has 4 aliphatic carbocycles. The molecule has 0 saturated heterocycles. The summed E-state index contributed by atoms with van der Waals surface area (Å²) < 4.78 is 17.5. The van der Waals surface area contributed by atoms with E-state index in [0.717, 1.165) is 48.4 Å². The molecule has 2 aromatic carbocycles. The van der Waals surface area contributed by atoms with Gasteiger partial charge in [-0.3, -0.25) is 9.48 Å².